The van der Waals surface area contributed by atoms with Crippen molar-refractivity contribution in [2.24, 2.45) is 0 Å². The van der Waals surface area contributed by atoms with Crippen molar-refractivity contribution in [3.05, 3.63) is 36.4 Å². The highest BCUT2D eigenvalue weighted by Crippen LogP contribution is 2.19. The van der Waals surface area contributed by atoms with Crippen molar-refractivity contribution in [1.82, 2.24) is 0 Å². The topological polar surface area (TPSA) is 46.2 Å². The molecule has 1 aromatic carbocycles. The van der Waals surface area contributed by atoms with E-state index in [-0.39, 0.29) is 5.75 Å². The van der Waals surface area contributed by atoms with Gasteiger partial charge in [-0.2, -0.15) is 0 Å². The number of anilines is 1. The fourth-order valence-electron chi connectivity index (χ4n) is 1.90. The fraction of sp³-hybridized carbons (Fsp3) is 0.385. The van der Waals surface area contributed by atoms with Gasteiger partial charge < -0.3 is 5.32 Å². The minimum absolute atomic E-state index is 0.145. The molecule has 0 saturated heterocycles. The Hall–Kier alpha value is -1.29. The van der Waals surface area contributed by atoms with Crippen LogP contribution in [0.1, 0.15) is 19.8 Å². The summed E-state index contributed by atoms with van der Waals surface area (Å²) in [4.78, 5) is 0.398. The second-order valence-electron chi connectivity index (χ2n) is 4.21. The highest BCUT2D eigenvalue weighted by molar-refractivity contribution is 7.91. The van der Waals surface area contributed by atoms with Gasteiger partial charge >= 0.3 is 0 Å². The highest BCUT2D eigenvalue weighted by Gasteiger charge is 2.12. The summed E-state index contributed by atoms with van der Waals surface area (Å²) in [6.45, 7) is 1.66. The molecule has 1 N–H and O–H groups in total. The summed E-state index contributed by atoms with van der Waals surface area (Å²) in [5.74, 6) is 0.145. The van der Waals surface area contributed by atoms with Crippen LogP contribution in [0.5, 0.6) is 0 Å². The standard InChI is InChI=1S/C13H17NO2S/c1-2-17(15,16)13-9-7-12(8-10-13)14-11-5-3-4-6-11/h3-4,7-11,14H,2,5-6H2,1H3. The molecule has 0 amide bonds. The molecule has 4 heteroatoms. The number of sulfone groups is 1. The maximum absolute atomic E-state index is 11.6. The lowest BCUT2D eigenvalue weighted by atomic mass is 10.2. The van der Waals surface area contributed by atoms with E-state index in [1.165, 1.54) is 0 Å². The third kappa shape index (κ3) is 2.88. The summed E-state index contributed by atoms with van der Waals surface area (Å²) in [7, 11) is -3.08. The van der Waals surface area contributed by atoms with Crippen LogP contribution in [0.15, 0.2) is 41.3 Å². The van der Waals surface area contributed by atoms with Gasteiger partial charge in [0.05, 0.1) is 10.6 Å². The van der Waals surface area contributed by atoms with Gasteiger partial charge in [0.25, 0.3) is 0 Å². The molecule has 0 aliphatic heterocycles. The lowest BCUT2D eigenvalue weighted by Crippen LogP contribution is -2.14. The largest absolute Gasteiger partial charge is 0.382 e. The second-order valence-corrected chi connectivity index (χ2v) is 6.49. The lowest BCUT2D eigenvalue weighted by molar-refractivity contribution is 0.597. The molecule has 1 aliphatic carbocycles. The van der Waals surface area contributed by atoms with Gasteiger partial charge in [0.1, 0.15) is 0 Å². The molecular weight excluding hydrogens is 234 g/mol. The first-order valence-electron chi connectivity index (χ1n) is 5.86. The van der Waals surface area contributed by atoms with Crippen molar-refractivity contribution in [2.75, 3.05) is 11.1 Å². The minimum atomic E-state index is -3.08. The van der Waals surface area contributed by atoms with Gasteiger partial charge in [0, 0.05) is 11.7 Å². The smallest absolute Gasteiger partial charge is 0.178 e. The molecule has 3 nitrogen and oxygen atoms in total. The van der Waals surface area contributed by atoms with Crippen LogP contribution < -0.4 is 5.32 Å². The molecule has 92 valence electrons. The van der Waals surface area contributed by atoms with Gasteiger partial charge in [0.2, 0.25) is 0 Å². The van der Waals surface area contributed by atoms with Gasteiger partial charge in [-0.3, -0.25) is 0 Å². The first kappa shape index (κ1) is 12.2. The van der Waals surface area contributed by atoms with E-state index in [0.717, 1.165) is 18.5 Å². The monoisotopic (exact) mass is 251 g/mol. The zero-order valence-electron chi connectivity index (χ0n) is 9.89. The normalized spacial score (nSPS) is 16.3. The Kier molecular flexibility index (Phi) is 3.52. The number of hydrogen-bond donors (Lipinski definition) is 1. The molecule has 0 radical (unpaired) electrons. The minimum Gasteiger partial charge on any atom is -0.382 e. The molecule has 2 rings (SSSR count). The Balaban J connectivity index is 2.08. The van der Waals surface area contributed by atoms with Crippen molar-refractivity contribution in [2.45, 2.75) is 30.7 Å². The zero-order valence-corrected chi connectivity index (χ0v) is 10.7. The molecule has 0 spiro atoms. The molecule has 1 aromatic rings. The van der Waals surface area contributed by atoms with Crippen LogP contribution in [0.4, 0.5) is 5.69 Å². The van der Waals surface area contributed by atoms with Crippen LogP contribution >= 0.6 is 0 Å². The summed E-state index contributed by atoms with van der Waals surface area (Å²) >= 11 is 0. The van der Waals surface area contributed by atoms with Gasteiger partial charge in [-0.25, -0.2) is 8.42 Å². The summed E-state index contributed by atoms with van der Waals surface area (Å²) < 4.78 is 23.3. The van der Waals surface area contributed by atoms with Crippen LogP contribution in [0.3, 0.4) is 0 Å². The second kappa shape index (κ2) is 4.92. The summed E-state index contributed by atoms with van der Waals surface area (Å²) in [6, 6.07) is 7.46. The highest BCUT2D eigenvalue weighted by atomic mass is 32.2. The van der Waals surface area contributed by atoms with Gasteiger partial charge in [-0.15, -0.1) is 0 Å². The molecule has 0 atom stereocenters. The van der Waals surface area contributed by atoms with Crippen molar-refractivity contribution < 1.29 is 8.42 Å². The van der Waals surface area contributed by atoms with E-state index in [2.05, 4.69) is 17.5 Å². The molecule has 17 heavy (non-hydrogen) atoms. The number of hydrogen-bond acceptors (Lipinski definition) is 3. The van der Waals surface area contributed by atoms with Gasteiger partial charge in [-0.05, 0) is 37.1 Å². The first-order chi connectivity index (χ1) is 8.12. The molecule has 0 heterocycles. The fourth-order valence-corrected chi connectivity index (χ4v) is 2.78. The quantitative estimate of drug-likeness (QED) is 0.837. The van der Waals surface area contributed by atoms with Crippen molar-refractivity contribution in [3.63, 3.8) is 0 Å². The van der Waals surface area contributed by atoms with Crippen LogP contribution in [0.25, 0.3) is 0 Å². The molecule has 0 bridgehead atoms. The maximum Gasteiger partial charge on any atom is 0.178 e. The van der Waals surface area contributed by atoms with Crippen LogP contribution in [0.2, 0.25) is 0 Å². The third-order valence-electron chi connectivity index (χ3n) is 2.97. The average molecular weight is 251 g/mol. The van der Waals surface area contributed by atoms with E-state index in [1.54, 1.807) is 19.1 Å². The Morgan fingerprint density at radius 1 is 1.18 bits per heavy atom. The van der Waals surface area contributed by atoms with Crippen LogP contribution in [-0.2, 0) is 9.84 Å². The average Bonchev–Trinajstić information content (AvgIpc) is 2.83. The number of nitrogens with one attached hydrogen (secondary N) is 1. The van der Waals surface area contributed by atoms with Crippen LogP contribution in [0, 0.1) is 0 Å². The molecule has 1 aliphatic rings. The molecule has 0 aromatic heterocycles. The Bertz CT molecular complexity index is 495. The molecule has 0 fully saturated rings. The van der Waals surface area contributed by atoms with Crippen molar-refractivity contribution >= 4 is 15.5 Å². The maximum atomic E-state index is 11.6. The Labute approximate surface area is 102 Å². The van der Waals surface area contributed by atoms with Crippen molar-refractivity contribution in [3.8, 4) is 0 Å². The third-order valence-corrected chi connectivity index (χ3v) is 4.72. The SMILES string of the molecule is CCS(=O)(=O)c1ccc(NC2CC=CC2)cc1. The Morgan fingerprint density at radius 3 is 2.29 bits per heavy atom. The first-order valence-corrected chi connectivity index (χ1v) is 7.51. The van der Waals surface area contributed by atoms with E-state index in [9.17, 15) is 8.42 Å². The lowest BCUT2D eigenvalue weighted by Gasteiger charge is -2.13. The Morgan fingerprint density at radius 2 is 1.76 bits per heavy atom. The summed E-state index contributed by atoms with van der Waals surface area (Å²) in [5.41, 5.74) is 0.980. The summed E-state index contributed by atoms with van der Waals surface area (Å²) in [6.07, 6.45) is 6.39. The van der Waals surface area contributed by atoms with E-state index in [4.69, 9.17) is 0 Å². The van der Waals surface area contributed by atoms with Crippen LogP contribution in [-0.4, -0.2) is 20.2 Å². The van der Waals surface area contributed by atoms with Gasteiger partial charge in [0.15, 0.2) is 9.84 Å². The predicted octanol–water partition coefficient (Wildman–Crippen LogP) is 2.61. The van der Waals surface area contributed by atoms with E-state index in [1.807, 2.05) is 12.1 Å². The van der Waals surface area contributed by atoms with Crippen molar-refractivity contribution in [1.29, 1.82) is 0 Å². The van der Waals surface area contributed by atoms with E-state index >= 15 is 0 Å². The molecular formula is C13H17NO2S. The zero-order chi connectivity index (χ0) is 12.3. The molecule has 0 unspecified atom stereocenters. The predicted molar refractivity (Wildman–Crippen MR) is 70.0 cm³/mol. The summed E-state index contributed by atoms with van der Waals surface area (Å²) in [5, 5.41) is 3.38. The van der Waals surface area contributed by atoms with Gasteiger partial charge in [-0.1, -0.05) is 19.1 Å². The van der Waals surface area contributed by atoms with E-state index in [0.29, 0.717) is 10.9 Å². The number of rotatable bonds is 4. The number of benzene rings is 1. The molecule has 0 saturated carbocycles. The van der Waals surface area contributed by atoms with E-state index < -0.39 is 9.84 Å².